The van der Waals surface area contributed by atoms with Crippen molar-refractivity contribution in [3.63, 3.8) is 0 Å². The molecule has 0 radical (unpaired) electrons. The number of rotatable bonds is 5. The van der Waals surface area contributed by atoms with E-state index in [-0.39, 0.29) is 30.3 Å². The van der Waals surface area contributed by atoms with Crippen molar-refractivity contribution < 1.29 is 23.5 Å². The lowest BCUT2D eigenvalue weighted by atomic mass is 9.63. The second kappa shape index (κ2) is 12.9. The van der Waals surface area contributed by atoms with Gasteiger partial charge in [0, 0.05) is 35.6 Å². The van der Waals surface area contributed by atoms with Gasteiger partial charge < -0.3 is 29.4 Å². The van der Waals surface area contributed by atoms with Crippen LogP contribution >= 0.6 is 11.3 Å². The molecule has 0 saturated carbocycles. The molecule has 2 bridgehead atoms. The molecule has 5 aliphatic rings. The number of aromatic nitrogens is 3. The molecule has 2 N–H and O–H groups in total. The number of carbonyl (C=O) groups excluding carboxylic acids is 1. The zero-order valence-corrected chi connectivity index (χ0v) is 31.1. The largest absolute Gasteiger partial charge is 0.473 e. The van der Waals surface area contributed by atoms with E-state index in [4.69, 9.17) is 39.6 Å². The summed E-state index contributed by atoms with van der Waals surface area (Å²) in [6.45, 7) is 10.7. The first-order valence-electron chi connectivity index (χ1n) is 18.4. The highest BCUT2D eigenvalue weighted by atomic mass is 32.1. The molecule has 272 valence electrons. The minimum Gasteiger partial charge on any atom is -0.473 e. The summed E-state index contributed by atoms with van der Waals surface area (Å²) in [4.78, 5) is 31.1. The Kier molecular flexibility index (Phi) is 8.66. The molecule has 3 aromatic rings. The number of nitriles is 1. The summed E-state index contributed by atoms with van der Waals surface area (Å²) in [5, 5.41) is 15.4. The predicted molar refractivity (Wildman–Crippen MR) is 192 cm³/mol. The van der Waals surface area contributed by atoms with Crippen LogP contribution in [0.15, 0.2) is 10.6 Å². The fourth-order valence-electron chi connectivity index (χ4n) is 9.22. The number of nitrogens with zero attached hydrogens (tertiary/aromatic N) is 7. The van der Waals surface area contributed by atoms with Crippen molar-refractivity contribution in [3.05, 3.63) is 33.4 Å². The third-order valence-electron chi connectivity index (χ3n) is 11.4. The Balaban J connectivity index is 1.17. The summed E-state index contributed by atoms with van der Waals surface area (Å²) < 4.78 is 24.7. The van der Waals surface area contributed by atoms with Crippen LogP contribution in [0.1, 0.15) is 93.5 Å². The average molecular weight is 717 g/mol. The smallest absolute Gasteiger partial charge is 0.411 e. The molecule has 1 spiro atoms. The number of anilines is 2. The highest BCUT2D eigenvalue weighted by molar-refractivity contribution is 7.16. The fourth-order valence-corrected chi connectivity index (χ4v) is 10.4. The van der Waals surface area contributed by atoms with Crippen LogP contribution in [0.3, 0.4) is 0 Å². The second-order valence-electron chi connectivity index (χ2n) is 15.9. The number of ether oxygens (including phenoxy) is 3. The highest BCUT2D eigenvalue weighted by Crippen LogP contribution is 2.55. The average Bonchev–Trinajstić information content (AvgIpc) is 3.80. The Bertz CT molecular complexity index is 1850. The molecule has 51 heavy (non-hydrogen) atoms. The molecular weight excluding hydrogens is 669 g/mol. The van der Waals surface area contributed by atoms with Crippen molar-refractivity contribution in [2.75, 3.05) is 50.5 Å². The first-order valence-corrected chi connectivity index (χ1v) is 19.2. The first kappa shape index (κ1) is 34.2. The van der Waals surface area contributed by atoms with E-state index < -0.39 is 11.0 Å². The first-order chi connectivity index (χ1) is 24.5. The molecule has 1 amide bonds. The molecule has 3 aromatic heterocycles. The second-order valence-corrected chi connectivity index (χ2v) is 17.1. The van der Waals surface area contributed by atoms with Gasteiger partial charge in [0.15, 0.2) is 17.3 Å². The minimum atomic E-state index is -0.595. The maximum atomic E-state index is 13.3. The molecule has 6 heterocycles. The third kappa shape index (κ3) is 6.00. The summed E-state index contributed by atoms with van der Waals surface area (Å²) in [6.07, 6.45) is 7.15. The van der Waals surface area contributed by atoms with Crippen LogP contribution in [-0.4, -0.2) is 101 Å². The summed E-state index contributed by atoms with van der Waals surface area (Å²) in [5.41, 5.74) is 8.58. The van der Waals surface area contributed by atoms with Gasteiger partial charge in [-0.3, -0.25) is 9.80 Å². The standard InChI is InChI=1S/C37H48N8O5S/c1-21(26-10-8-14-43(26)5)48-29-15-28(44-17-22-19-47-20-23(18-44)45(22)35(46)49-36(2,3)4)40-34(41-29)31-24-9-6-12-37(32(24)50-42-31)13-7-11-27-30(37)25(16-38)33(39)51-27/h15,21-23,26H,6-14,17-20,39H2,1-5H3/t21-,22?,23?,26-,37-/m0/s1. The van der Waals surface area contributed by atoms with Crippen LogP contribution in [-0.2, 0) is 27.7 Å². The highest BCUT2D eigenvalue weighted by Gasteiger charge is 2.49. The van der Waals surface area contributed by atoms with Gasteiger partial charge in [-0.15, -0.1) is 11.3 Å². The molecule has 0 aromatic carbocycles. The van der Waals surface area contributed by atoms with Gasteiger partial charge in [-0.1, -0.05) is 5.16 Å². The minimum absolute atomic E-state index is 0.0894. The van der Waals surface area contributed by atoms with Gasteiger partial charge in [-0.25, -0.2) is 9.78 Å². The van der Waals surface area contributed by atoms with Gasteiger partial charge in [-0.2, -0.15) is 10.2 Å². The molecule has 3 fully saturated rings. The molecule has 3 saturated heterocycles. The van der Waals surface area contributed by atoms with Crippen LogP contribution in [0.25, 0.3) is 11.5 Å². The van der Waals surface area contributed by atoms with E-state index in [2.05, 4.69) is 29.8 Å². The van der Waals surface area contributed by atoms with Gasteiger partial charge in [0.25, 0.3) is 0 Å². The van der Waals surface area contributed by atoms with Crippen LogP contribution in [0, 0.1) is 11.3 Å². The number of nitrogens with two attached hydrogens (primary N) is 1. The van der Waals surface area contributed by atoms with E-state index >= 15 is 0 Å². The number of carbonyl (C=O) groups is 1. The zero-order valence-electron chi connectivity index (χ0n) is 30.2. The quantitative estimate of drug-likeness (QED) is 0.365. The number of morpholine rings is 1. The maximum absolute atomic E-state index is 13.3. The normalized spacial score (nSPS) is 26.8. The van der Waals surface area contributed by atoms with Gasteiger partial charge in [0.1, 0.15) is 28.6 Å². The van der Waals surface area contributed by atoms with Crippen molar-refractivity contribution in [3.8, 4) is 23.5 Å². The van der Waals surface area contributed by atoms with E-state index in [9.17, 15) is 10.1 Å². The monoisotopic (exact) mass is 716 g/mol. The number of piperazine rings is 1. The molecule has 2 unspecified atom stereocenters. The Labute approximate surface area is 303 Å². The van der Waals surface area contributed by atoms with Crippen molar-refractivity contribution in [2.45, 2.75) is 114 Å². The Morgan fingerprint density at radius 2 is 1.90 bits per heavy atom. The summed E-state index contributed by atoms with van der Waals surface area (Å²) in [5.74, 6) is 2.46. The molecule has 3 aliphatic heterocycles. The lowest BCUT2D eigenvalue weighted by molar-refractivity contribution is -0.0666. The van der Waals surface area contributed by atoms with E-state index in [0.717, 1.165) is 74.8 Å². The topological polar surface area (TPSA) is 156 Å². The number of thiophene rings is 1. The number of nitrogen functional groups attached to an aromatic ring is 1. The van der Waals surface area contributed by atoms with Crippen molar-refractivity contribution >= 4 is 28.2 Å². The lowest BCUT2D eigenvalue weighted by Crippen LogP contribution is -2.66. The van der Waals surface area contributed by atoms with Crippen molar-refractivity contribution in [2.24, 2.45) is 0 Å². The number of amides is 1. The predicted octanol–water partition coefficient (Wildman–Crippen LogP) is 5.29. The van der Waals surface area contributed by atoms with Crippen molar-refractivity contribution in [1.82, 2.24) is 24.9 Å². The molecule has 14 heteroatoms. The van der Waals surface area contributed by atoms with Gasteiger partial charge in [0.2, 0.25) is 5.88 Å². The van der Waals surface area contributed by atoms with Gasteiger partial charge in [0.05, 0.1) is 36.3 Å². The number of fused-ring (bicyclic) bond motifs is 6. The molecule has 8 rings (SSSR count). The lowest BCUT2D eigenvalue weighted by Gasteiger charge is -2.49. The number of likely N-dealkylation sites (tertiary alicyclic amines) is 1. The Morgan fingerprint density at radius 3 is 2.59 bits per heavy atom. The third-order valence-corrected chi connectivity index (χ3v) is 12.5. The fraction of sp³-hybridized carbons (Fsp3) is 0.649. The number of hydrogen-bond donors (Lipinski definition) is 1. The number of aryl methyl sites for hydroxylation is 1. The zero-order chi connectivity index (χ0) is 35.7. The molecule has 13 nitrogen and oxygen atoms in total. The van der Waals surface area contributed by atoms with E-state index in [1.165, 1.54) is 16.2 Å². The summed E-state index contributed by atoms with van der Waals surface area (Å²) in [7, 11) is 2.15. The molecule has 2 aliphatic carbocycles. The van der Waals surface area contributed by atoms with E-state index in [1.54, 1.807) is 0 Å². The van der Waals surface area contributed by atoms with Crippen LogP contribution in [0.4, 0.5) is 15.6 Å². The van der Waals surface area contributed by atoms with Crippen molar-refractivity contribution in [1.29, 1.82) is 5.26 Å². The van der Waals surface area contributed by atoms with Crippen LogP contribution in [0.5, 0.6) is 5.88 Å². The SMILES string of the molecule is C[C@H](Oc1cc(N2CC3COCC(C2)N3C(=O)OC(C)(C)C)nc(-c2noc3c2CCC[C@@]32CCCc3sc(N)c(C#N)c32)n1)[C@@H]1CCCN1C. The number of likely N-dealkylation sites (N-methyl/N-ethyl adjacent to an activating group) is 1. The maximum Gasteiger partial charge on any atom is 0.411 e. The molecule has 5 atom stereocenters. The van der Waals surface area contributed by atoms with E-state index in [0.29, 0.717) is 60.1 Å². The summed E-state index contributed by atoms with van der Waals surface area (Å²) in [6, 6.07) is 4.21. The van der Waals surface area contributed by atoms with Gasteiger partial charge in [-0.05, 0) is 98.2 Å². The Morgan fingerprint density at radius 1 is 1.16 bits per heavy atom. The van der Waals surface area contributed by atoms with Crippen LogP contribution in [0.2, 0.25) is 0 Å². The molecular formula is C37H48N8O5S. The van der Waals surface area contributed by atoms with Crippen LogP contribution < -0.4 is 15.4 Å². The van der Waals surface area contributed by atoms with E-state index in [1.807, 2.05) is 31.7 Å². The Hall–Kier alpha value is -3.93. The van der Waals surface area contributed by atoms with Gasteiger partial charge >= 0.3 is 6.09 Å². The summed E-state index contributed by atoms with van der Waals surface area (Å²) >= 11 is 1.54. The number of hydrogen-bond acceptors (Lipinski definition) is 13.